The zero-order chi connectivity index (χ0) is 14.1. The third kappa shape index (κ3) is 2.60. The number of hydrogen-bond acceptors (Lipinski definition) is 3. The van der Waals surface area contributed by atoms with Gasteiger partial charge in [-0.1, -0.05) is 0 Å². The molecule has 1 aliphatic rings. The van der Waals surface area contributed by atoms with Crippen LogP contribution in [-0.2, 0) is 19.5 Å². The van der Waals surface area contributed by atoms with Gasteiger partial charge in [-0.25, -0.2) is 13.9 Å². The third-order valence-corrected chi connectivity index (χ3v) is 3.46. The molecule has 0 amide bonds. The van der Waals surface area contributed by atoms with Gasteiger partial charge in [-0.3, -0.25) is 9.69 Å². The van der Waals surface area contributed by atoms with E-state index in [1.807, 2.05) is 4.90 Å². The summed E-state index contributed by atoms with van der Waals surface area (Å²) in [5.41, 5.74) is 1.99. The van der Waals surface area contributed by atoms with Crippen molar-refractivity contribution in [2.75, 3.05) is 6.54 Å². The van der Waals surface area contributed by atoms with Crippen LogP contribution in [0.2, 0.25) is 0 Å². The molecule has 0 unspecified atom stereocenters. The van der Waals surface area contributed by atoms with Crippen LogP contribution in [0.25, 0.3) is 0 Å². The molecule has 2 aromatic rings. The zero-order valence-corrected chi connectivity index (χ0v) is 10.7. The highest BCUT2D eigenvalue weighted by atomic mass is 19.1. The summed E-state index contributed by atoms with van der Waals surface area (Å²) in [4.78, 5) is 13.7. The van der Waals surface area contributed by atoms with Gasteiger partial charge in [-0.05, 0) is 29.7 Å². The number of fused-ring (bicyclic) bond motifs is 1. The van der Waals surface area contributed by atoms with Crippen molar-refractivity contribution in [3.63, 3.8) is 0 Å². The second-order valence-electron chi connectivity index (χ2n) is 4.94. The molecule has 1 aliphatic heterocycles. The van der Waals surface area contributed by atoms with E-state index in [9.17, 15) is 13.6 Å². The Morgan fingerprint density at radius 1 is 1.25 bits per heavy atom. The van der Waals surface area contributed by atoms with Crippen LogP contribution in [0.3, 0.4) is 0 Å². The summed E-state index contributed by atoms with van der Waals surface area (Å²) in [7, 11) is 0. The van der Waals surface area contributed by atoms with E-state index in [-0.39, 0.29) is 5.56 Å². The molecule has 0 spiro atoms. The molecule has 0 saturated carbocycles. The monoisotopic (exact) mass is 277 g/mol. The fraction of sp³-hybridized carbons (Fsp3) is 0.286. The number of rotatable bonds is 2. The molecule has 3 rings (SSSR count). The first-order chi connectivity index (χ1) is 9.61. The number of aromatic amines is 1. The van der Waals surface area contributed by atoms with Crippen molar-refractivity contribution in [2.45, 2.75) is 19.5 Å². The van der Waals surface area contributed by atoms with E-state index in [1.165, 1.54) is 12.1 Å². The lowest BCUT2D eigenvalue weighted by molar-refractivity contribution is 0.243. The van der Waals surface area contributed by atoms with Crippen molar-refractivity contribution in [1.29, 1.82) is 0 Å². The van der Waals surface area contributed by atoms with Crippen molar-refractivity contribution >= 4 is 0 Å². The summed E-state index contributed by atoms with van der Waals surface area (Å²) >= 11 is 0. The van der Waals surface area contributed by atoms with Crippen LogP contribution in [0.5, 0.6) is 0 Å². The molecule has 1 N–H and O–H groups in total. The number of H-pyrrole nitrogens is 1. The summed E-state index contributed by atoms with van der Waals surface area (Å²) in [6, 6.07) is 3.48. The normalized spacial score (nSPS) is 15.1. The number of hydrogen-bond donors (Lipinski definition) is 1. The summed E-state index contributed by atoms with van der Waals surface area (Å²) in [6.07, 6.45) is 2.37. The predicted molar refractivity (Wildman–Crippen MR) is 69.0 cm³/mol. The first-order valence-corrected chi connectivity index (χ1v) is 6.34. The van der Waals surface area contributed by atoms with E-state index in [1.54, 1.807) is 6.20 Å². The van der Waals surface area contributed by atoms with E-state index in [0.29, 0.717) is 30.6 Å². The van der Waals surface area contributed by atoms with Crippen LogP contribution in [0, 0.1) is 11.6 Å². The second kappa shape index (κ2) is 5.13. The lowest BCUT2D eigenvalue weighted by Gasteiger charge is -2.27. The van der Waals surface area contributed by atoms with Gasteiger partial charge in [0, 0.05) is 31.3 Å². The Morgan fingerprint density at radius 3 is 2.75 bits per heavy atom. The van der Waals surface area contributed by atoms with Gasteiger partial charge >= 0.3 is 0 Å². The summed E-state index contributed by atoms with van der Waals surface area (Å²) in [5, 5.41) is 6.18. The van der Waals surface area contributed by atoms with Gasteiger partial charge in [-0.2, -0.15) is 5.10 Å². The van der Waals surface area contributed by atoms with E-state index in [2.05, 4.69) is 10.2 Å². The van der Waals surface area contributed by atoms with Crippen LogP contribution >= 0.6 is 0 Å². The fourth-order valence-electron chi connectivity index (χ4n) is 2.53. The van der Waals surface area contributed by atoms with Crippen LogP contribution in [-0.4, -0.2) is 21.6 Å². The van der Waals surface area contributed by atoms with E-state index < -0.39 is 11.6 Å². The number of halogens is 2. The molecule has 1 aromatic heterocycles. The fourth-order valence-corrected chi connectivity index (χ4v) is 2.53. The highest BCUT2D eigenvalue weighted by Crippen LogP contribution is 2.17. The van der Waals surface area contributed by atoms with Gasteiger partial charge in [0.15, 0.2) is 0 Å². The lowest BCUT2D eigenvalue weighted by Crippen LogP contribution is -2.34. The Labute approximate surface area is 114 Å². The van der Waals surface area contributed by atoms with Crippen molar-refractivity contribution in [3.8, 4) is 0 Å². The quantitative estimate of drug-likeness (QED) is 0.907. The topological polar surface area (TPSA) is 49.0 Å². The molecule has 2 heterocycles. The molecule has 4 nitrogen and oxygen atoms in total. The minimum absolute atomic E-state index is 0.197. The van der Waals surface area contributed by atoms with Gasteiger partial charge in [-0.15, -0.1) is 0 Å². The second-order valence-corrected chi connectivity index (χ2v) is 4.94. The van der Waals surface area contributed by atoms with Gasteiger partial charge < -0.3 is 0 Å². The number of nitrogens with zero attached hydrogens (tertiary/aromatic N) is 2. The van der Waals surface area contributed by atoms with E-state index in [4.69, 9.17) is 0 Å². The standard InChI is InChI=1S/C14H13F2N3O/c15-11-3-9(4-12(16)5-11)7-19-2-1-10-6-17-18-14(20)13(10)8-19/h3-6H,1-2,7-8H2,(H,18,20). The molecule has 0 fully saturated rings. The summed E-state index contributed by atoms with van der Waals surface area (Å²) < 4.78 is 26.3. The predicted octanol–water partition coefficient (Wildman–Crippen LogP) is 1.61. The maximum absolute atomic E-state index is 13.2. The Kier molecular flexibility index (Phi) is 3.31. The third-order valence-electron chi connectivity index (χ3n) is 3.46. The van der Waals surface area contributed by atoms with Gasteiger partial charge in [0.1, 0.15) is 11.6 Å². The van der Waals surface area contributed by atoms with Crippen LogP contribution in [0.1, 0.15) is 16.7 Å². The number of benzene rings is 1. The number of nitrogens with one attached hydrogen (secondary N) is 1. The van der Waals surface area contributed by atoms with E-state index >= 15 is 0 Å². The minimum Gasteiger partial charge on any atom is -0.294 e. The van der Waals surface area contributed by atoms with Gasteiger partial charge in [0.25, 0.3) is 5.56 Å². The summed E-state index contributed by atoms with van der Waals surface area (Å²) in [5.74, 6) is -1.17. The maximum Gasteiger partial charge on any atom is 0.268 e. The minimum atomic E-state index is -0.584. The average molecular weight is 277 g/mol. The first kappa shape index (κ1) is 12.9. The highest BCUT2D eigenvalue weighted by Gasteiger charge is 2.19. The largest absolute Gasteiger partial charge is 0.294 e. The Bertz CT molecular complexity index is 679. The Hall–Kier alpha value is -2.08. The van der Waals surface area contributed by atoms with Crippen molar-refractivity contribution < 1.29 is 8.78 Å². The molecule has 0 atom stereocenters. The molecule has 20 heavy (non-hydrogen) atoms. The molecule has 1 aromatic carbocycles. The smallest absolute Gasteiger partial charge is 0.268 e. The van der Waals surface area contributed by atoms with Gasteiger partial charge in [0.05, 0.1) is 6.20 Å². The molecule has 0 radical (unpaired) electrons. The molecule has 0 bridgehead atoms. The maximum atomic E-state index is 13.2. The first-order valence-electron chi connectivity index (χ1n) is 6.34. The zero-order valence-electron chi connectivity index (χ0n) is 10.7. The van der Waals surface area contributed by atoms with Crippen molar-refractivity contribution in [1.82, 2.24) is 15.1 Å². The lowest BCUT2D eigenvalue weighted by atomic mass is 10.0. The molecular formula is C14H13F2N3O. The van der Waals surface area contributed by atoms with Crippen LogP contribution in [0.4, 0.5) is 8.78 Å². The molecule has 0 aliphatic carbocycles. The van der Waals surface area contributed by atoms with Crippen LogP contribution < -0.4 is 5.56 Å². The van der Waals surface area contributed by atoms with Crippen molar-refractivity contribution in [2.24, 2.45) is 0 Å². The average Bonchev–Trinajstić information content (AvgIpc) is 2.38. The summed E-state index contributed by atoms with van der Waals surface area (Å²) in [6.45, 7) is 1.61. The Balaban J connectivity index is 1.80. The molecular weight excluding hydrogens is 264 g/mol. The van der Waals surface area contributed by atoms with Gasteiger partial charge in [0.2, 0.25) is 0 Å². The Morgan fingerprint density at radius 2 is 2.00 bits per heavy atom. The molecule has 6 heteroatoms. The number of aromatic nitrogens is 2. The highest BCUT2D eigenvalue weighted by molar-refractivity contribution is 5.24. The van der Waals surface area contributed by atoms with Crippen molar-refractivity contribution in [3.05, 3.63) is 63.1 Å². The van der Waals surface area contributed by atoms with Crippen LogP contribution in [0.15, 0.2) is 29.2 Å². The SMILES string of the molecule is O=c1[nH]ncc2c1CN(Cc1cc(F)cc(F)c1)CC2. The van der Waals surface area contributed by atoms with E-state index in [0.717, 1.165) is 18.2 Å². The molecule has 0 saturated heterocycles. The molecule has 104 valence electrons.